The second kappa shape index (κ2) is 5.05. The molecule has 1 saturated heterocycles. The van der Waals surface area contributed by atoms with E-state index >= 15 is 0 Å². The van der Waals surface area contributed by atoms with Gasteiger partial charge in [-0.1, -0.05) is 0 Å². The molecule has 3 nitrogen and oxygen atoms in total. The smallest absolute Gasteiger partial charge is 0.0512 e. The number of nitrogens with zero attached hydrogens (tertiary/aromatic N) is 1. The van der Waals surface area contributed by atoms with Gasteiger partial charge in [0.05, 0.1) is 6.61 Å². The molecule has 1 aromatic heterocycles. The van der Waals surface area contributed by atoms with Gasteiger partial charge in [-0.15, -0.1) is 0 Å². The first-order valence-corrected chi connectivity index (χ1v) is 5.99. The first-order valence-electron chi connectivity index (χ1n) is 5.19. The van der Waals surface area contributed by atoms with E-state index in [1.54, 1.807) is 0 Å². The SMILES string of the molecule is NC1CCOCC1Cc1ccc(Br)cn1. The van der Waals surface area contributed by atoms with Crippen molar-refractivity contribution in [2.24, 2.45) is 11.7 Å². The summed E-state index contributed by atoms with van der Waals surface area (Å²) in [5, 5.41) is 0. The predicted molar refractivity (Wildman–Crippen MR) is 62.5 cm³/mol. The van der Waals surface area contributed by atoms with E-state index in [4.69, 9.17) is 10.5 Å². The number of aromatic nitrogens is 1. The molecular formula is C11H15BrN2O. The number of halogens is 1. The molecule has 2 heterocycles. The molecule has 2 rings (SSSR count). The third kappa shape index (κ3) is 3.00. The zero-order valence-electron chi connectivity index (χ0n) is 8.53. The first-order chi connectivity index (χ1) is 7.25. The highest BCUT2D eigenvalue weighted by molar-refractivity contribution is 9.10. The molecule has 1 fully saturated rings. The van der Waals surface area contributed by atoms with Crippen LogP contribution in [0.3, 0.4) is 0 Å². The summed E-state index contributed by atoms with van der Waals surface area (Å²) < 4.78 is 6.44. The first kappa shape index (κ1) is 11.0. The summed E-state index contributed by atoms with van der Waals surface area (Å²) in [5.41, 5.74) is 7.13. The summed E-state index contributed by atoms with van der Waals surface area (Å²) in [4.78, 5) is 4.35. The minimum Gasteiger partial charge on any atom is -0.381 e. The summed E-state index contributed by atoms with van der Waals surface area (Å²) in [7, 11) is 0. The van der Waals surface area contributed by atoms with Gasteiger partial charge < -0.3 is 10.5 Å². The maximum Gasteiger partial charge on any atom is 0.0512 e. The average molecular weight is 271 g/mol. The van der Waals surface area contributed by atoms with Gasteiger partial charge in [-0.05, 0) is 40.9 Å². The molecule has 0 bridgehead atoms. The van der Waals surface area contributed by atoms with Crippen LogP contribution in [0.1, 0.15) is 12.1 Å². The van der Waals surface area contributed by atoms with Gasteiger partial charge in [0, 0.05) is 34.9 Å². The van der Waals surface area contributed by atoms with E-state index in [0.29, 0.717) is 5.92 Å². The highest BCUT2D eigenvalue weighted by atomic mass is 79.9. The Labute approximate surface area is 98.2 Å². The Balaban J connectivity index is 1.98. The molecule has 0 aliphatic carbocycles. The van der Waals surface area contributed by atoms with E-state index in [-0.39, 0.29) is 6.04 Å². The second-order valence-electron chi connectivity index (χ2n) is 3.96. The van der Waals surface area contributed by atoms with Gasteiger partial charge in [-0.3, -0.25) is 4.98 Å². The molecule has 0 spiro atoms. The van der Waals surface area contributed by atoms with Gasteiger partial charge in [0.15, 0.2) is 0 Å². The minimum absolute atomic E-state index is 0.254. The molecule has 1 aromatic rings. The lowest BCUT2D eigenvalue weighted by Gasteiger charge is -2.28. The van der Waals surface area contributed by atoms with Crippen LogP contribution in [0.5, 0.6) is 0 Å². The van der Waals surface area contributed by atoms with Crippen LogP contribution in [0.4, 0.5) is 0 Å². The van der Waals surface area contributed by atoms with E-state index in [1.807, 2.05) is 18.3 Å². The fourth-order valence-electron chi connectivity index (χ4n) is 1.82. The third-order valence-corrected chi connectivity index (χ3v) is 3.26. The van der Waals surface area contributed by atoms with Gasteiger partial charge in [0.1, 0.15) is 0 Å². The molecule has 4 heteroatoms. The number of pyridine rings is 1. The number of rotatable bonds is 2. The fourth-order valence-corrected chi connectivity index (χ4v) is 2.05. The van der Waals surface area contributed by atoms with Crippen molar-refractivity contribution in [1.29, 1.82) is 0 Å². The fraction of sp³-hybridized carbons (Fsp3) is 0.545. The lowest BCUT2D eigenvalue weighted by atomic mass is 9.92. The molecule has 0 saturated carbocycles. The molecule has 1 aliphatic rings. The lowest BCUT2D eigenvalue weighted by Crippen LogP contribution is -2.39. The Morgan fingerprint density at radius 3 is 3.07 bits per heavy atom. The van der Waals surface area contributed by atoms with Crippen LogP contribution in [0.15, 0.2) is 22.8 Å². The molecule has 0 radical (unpaired) electrons. The molecule has 15 heavy (non-hydrogen) atoms. The molecule has 0 aromatic carbocycles. The summed E-state index contributed by atoms with van der Waals surface area (Å²) in [6, 6.07) is 4.30. The standard InChI is InChI=1S/C11H15BrN2O/c12-9-1-2-10(14-6-9)5-8-7-15-4-3-11(8)13/h1-2,6,8,11H,3-5,7,13H2. The summed E-state index contributed by atoms with van der Waals surface area (Å²) in [6.45, 7) is 1.56. The van der Waals surface area contributed by atoms with E-state index in [2.05, 4.69) is 20.9 Å². The van der Waals surface area contributed by atoms with E-state index in [9.17, 15) is 0 Å². The van der Waals surface area contributed by atoms with Crippen LogP contribution >= 0.6 is 15.9 Å². The Hall–Kier alpha value is -0.450. The van der Waals surface area contributed by atoms with Crippen molar-refractivity contribution in [3.8, 4) is 0 Å². The minimum atomic E-state index is 0.254. The van der Waals surface area contributed by atoms with Gasteiger partial charge in [-0.25, -0.2) is 0 Å². The Morgan fingerprint density at radius 2 is 2.40 bits per heavy atom. The van der Waals surface area contributed by atoms with Crippen molar-refractivity contribution < 1.29 is 4.74 Å². The van der Waals surface area contributed by atoms with Gasteiger partial charge >= 0.3 is 0 Å². The number of nitrogens with two attached hydrogens (primary N) is 1. The van der Waals surface area contributed by atoms with Crippen molar-refractivity contribution in [2.75, 3.05) is 13.2 Å². The van der Waals surface area contributed by atoms with Crippen LogP contribution < -0.4 is 5.73 Å². The Kier molecular flexibility index (Phi) is 3.72. The number of hydrogen-bond donors (Lipinski definition) is 1. The normalized spacial score (nSPS) is 26.5. The predicted octanol–water partition coefficient (Wildman–Crippen LogP) is 1.75. The molecule has 2 unspecified atom stereocenters. The zero-order valence-corrected chi connectivity index (χ0v) is 10.1. The van der Waals surface area contributed by atoms with Crippen molar-refractivity contribution in [2.45, 2.75) is 18.9 Å². The van der Waals surface area contributed by atoms with Crippen LogP contribution in [0.2, 0.25) is 0 Å². The summed E-state index contributed by atoms with van der Waals surface area (Å²) >= 11 is 3.37. The highest BCUT2D eigenvalue weighted by Crippen LogP contribution is 2.18. The van der Waals surface area contributed by atoms with Gasteiger partial charge in [0.2, 0.25) is 0 Å². The van der Waals surface area contributed by atoms with Gasteiger partial charge in [0.25, 0.3) is 0 Å². The molecule has 2 N–H and O–H groups in total. The molecular weight excluding hydrogens is 256 g/mol. The van der Waals surface area contributed by atoms with Crippen LogP contribution in [0.25, 0.3) is 0 Å². The average Bonchev–Trinajstić information content (AvgIpc) is 2.25. The maximum absolute atomic E-state index is 6.04. The number of ether oxygens (including phenoxy) is 1. The quantitative estimate of drug-likeness (QED) is 0.891. The van der Waals surface area contributed by atoms with E-state index < -0.39 is 0 Å². The van der Waals surface area contributed by atoms with Gasteiger partial charge in [-0.2, -0.15) is 0 Å². The Morgan fingerprint density at radius 1 is 1.53 bits per heavy atom. The highest BCUT2D eigenvalue weighted by Gasteiger charge is 2.22. The molecule has 2 atom stereocenters. The Bertz CT molecular complexity index is 315. The van der Waals surface area contributed by atoms with Crippen LogP contribution in [-0.2, 0) is 11.2 Å². The summed E-state index contributed by atoms with van der Waals surface area (Å²) in [6.07, 6.45) is 3.69. The second-order valence-corrected chi connectivity index (χ2v) is 4.88. The van der Waals surface area contributed by atoms with Crippen molar-refractivity contribution in [3.05, 3.63) is 28.5 Å². The van der Waals surface area contributed by atoms with E-state index in [1.165, 1.54) is 0 Å². The van der Waals surface area contributed by atoms with Crippen molar-refractivity contribution in [1.82, 2.24) is 4.98 Å². The molecule has 0 amide bonds. The zero-order chi connectivity index (χ0) is 10.7. The molecule has 82 valence electrons. The lowest BCUT2D eigenvalue weighted by molar-refractivity contribution is 0.0419. The maximum atomic E-state index is 6.04. The summed E-state index contributed by atoms with van der Waals surface area (Å²) in [5.74, 6) is 0.410. The topological polar surface area (TPSA) is 48.1 Å². The van der Waals surface area contributed by atoms with Crippen LogP contribution in [0, 0.1) is 5.92 Å². The number of hydrogen-bond acceptors (Lipinski definition) is 3. The molecule has 1 aliphatic heterocycles. The van der Waals surface area contributed by atoms with Crippen LogP contribution in [-0.4, -0.2) is 24.2 Å². The largest absolute Gasteiger partial charge is 0.381 e. The van der Waals surface area contributed by atoms with Crippen molar-refractivity contribution in [3.63, 3.8) is 0 Å². The van der Waals surface area contributed by atoms with Crippen molar-refractivity contribution >= 4 is 15.9 Å². The third-order valence-electron chi connectivity index (χ3n) is 2.79. The van der Waals surface area contributed by atoms with E-state index in [0.717, 1.165) is 36.2 Å². The monoisotopic (exact) mass is 270 g/mol.